The molecule has 0 unspecified atom stereocenters. The molecule has 4 aromatic rings. The molecule has 1 saturated heterocycles. The molecule has 1 aliphatic carbocycles. The SMILES string of the molecule is CN1CCN([C@H]2CC[C@H](Nc3ncc4c(-c5ccc6ncccc6c5)ccn4n3)CC2)CC1. The summed E-state index contributed by atoms with van der Waals surface area (Å²) in [7, 11) is 2.22. The van der Waals surface area contributed by atoms with Crippen molar-refractivity contribution in [2.24, 2.45) is 0 Å². The van der Waals surface area contributed by atoms with Crippen molar-refractivity contribution in [3.8, 4) is 11.1 Å². The topological polar surface area (TPSA) is 61.6 Å². The number of likely N-dealkylation sites (N-methyl/N-ethyl adjacent to an activating group) is 1. The maximum absolute atomic E-state index is 4.76. The van der Waals surface area contributed by atoms with Crippen LogP contribution in [-0.4, -0.2) is 74.7 Å². The monoisotopic (exact) mass is 441 g/mol. The van der Waals surface area contributed by atoms with Crippen molar-refractivity contribution in [1.82, 2.24) is 29.4 Å². The summed E-state index contributed by atoms with van der Waals surface area (Å²) < 4.78 is 1.94. The van der Waals surface area contributed by atoms with Gasteiger partial charge in [0.05, 0.1) is 17.2 Å². The molecule has 1 aromatic carbocycles. The average Bonchev–Trinajstić information content (AvgIpc) is 3.28. The second-order valence-corrected chi connectivity index (χ2v) is 9.54. The van der Waals surface area contributed by atoms with Crippen LogP contribution in [0, 0.1) is 0 Å². The molecule has 3 aromatic heterocycles. The number of nitrogens with one attached hydrogen (secondary N) is 1. The van der Waals surface area contributed by atoms with E-state index in [0.29, 0.717) is 6.04 Å². The predicted octanol–water partition coefficient (Wildman–Crippen LogP) is 3.92. The van der Waals surface area contributed by atoms with Crippen LogP contribution in [0.15, 0.2) is 55.0 Å². The van der Waals surface area contributed by atoms with E-state index < -0.39 is 0 Å². The molecular weight excluding hydrogens is 410 g/mol. The zero-order valence-electron chi connectivity index (χ0n) is 19.2. The van der Waals surface area contributed by atoms with Crippen LogP contribution in [0.1, 0.15) is 25.7 Å². The summed E-state index contributed by atoms with van der Waals surface area (Å²) in [6.45, 7) is 4.81. The molecule has 7 heteroatoms. The molecule has 1 saturated carbocycles. The summed E-state index contributed by atoms with van der Waals surface area (Å²) >= 11 is 0. The minimum absolute atomic E-state index is 0.453. The Hall–Kier alpha value is -3.03. The molecule has 0 atom stereocenters. The molecule has 0 spiro atoms. The van der Waals surface area contributed by atoms with Gasteiger partial charge in [-0.2, -0.15) is 0 Å². The van der Waals surface area contributed by atoms with E-state index in [9.17, 15) is 0 Å². The van der Waals surface area contributed by atoms with E-state index in [1.165, 1.54) is 51.9 Å². The molecule has 2 fully saturated rings. The van der Waals surface area contributed by atoms with Gasteiger partial charge in [-0.25, -0.2) is 9.50 Å². The van der Waals surface area contributed by atoms with Crippen LogP contribution in [0.2, 0.25) is 0 Å². The van der Waals surface area contributed by atoms with Gasteiger partial charge in [0, 0.05) is 61.6 Å². The molecule has 170 valence electrons. The van der Waals surface area contributed by atoms with Crippen molar-refractivity contribution in [3.63, 3.8) is 0 Å². The Balaban J connectivity index is 1.13. The largest absolute Gasteiger partial charge is 0.350 e. The first kappa shape index (κ1) is 20.6. The fourth-order valence-electron chi connectivity index (χ4n) is 5.41. The Kier molecular flexibility index (Phi) is 5.44. The highest BCUT2D eigenvalue weighted by atomic mass is 15.3. The zero-order valence-corrected chi connectivity index (χ0v) is 19.2. The van der Waals surface area contributed by atoms with Gasteiger partial charge in [-0.15, -0.1) is 5.10 Å². The van der Waals surface area contributed by atoms with Crippen LogP contribution in [0.25, 0.3) is 27.5 Å². The number of hydrogen-bond donors (Lipinski definition) is 1. The van der Waals surface area contributed by atoms with E-state index in [-0.39, 0.29) is 0 Å². The first-order valence-electron chi connectivity index (χ1n) is 12.1. The first-order valence-corrected chi connectivity index (χ1v) is 12.1. The Bertz CT molecular complexity index is 1250. The molecular formula is C26H31N7. The summed E-state index contributed by atoms with van der Waals surface area (Å²) in [6.07, 6.45) is 10.7. The van der Waals surface area contributed by atoms with Crippen molar-refractivity contribution in [3.05, 3.63) is 55.0 Å². The third-order valence-electron chi connectivity index (χ3n) is 7.41. The predicted molar refractivity (Wildman–Crippen MR) is 132 cm³/mol. The van der Waals surface area contributed by atoms with Gasteiger partial charge in [0.1, 0.15) is 0 Å². The minimum atomic E-state index is 0.453. The van der Waals surface area contributed by atoms with Crippen LogP contribution < -0.4 is 5.32 Å². The highest BCUT2D eigenvalue weighted by Gasteiger charge is 2.28. The molecule has 0 amide bonds. The number of piperazine rings is 1. The third-order valence-corrected chi connectivity index (χ3v) is 7.41. The summed E-state index contributed by atoms with van der Waals surface area (Å²) in [4.78, 5) is 14.2. The lowest BCUT2D eigenvalue weighted by Crippen LogP contribution is -2.50. The van der Waals surface area contributed by atoms with Crippen molar-refractivity contribution >= 4 is 22.4 Å². The maximum Gasteiger partial charge on any atom is 0.241 e. The zero-order chi connectivity index (χ0) is 22.2. The van der Waals surface area contributed by atoms with E-state index in [1.807, 2.05) is 29.2 Å². The molecule has 7 nitrogen and oxygen atoms in total. The Morgan fingerprint density at radius 2 is 1.79 bits per heavy atom. The quantitative estimate of drug-likeness (QED) is 0.518. The summed E-state index contributed by atoms with van der Waals surface area (Å²) in [5.74, 6) is 0.718. The van der Waals surface area contributed by atoms with Gasteiger partial charge in [0.25, 0.3) is 0 Å². The van der Waals surface area contributed by atoms with Crippen molar-refractivity contribution in [1.29, 1.82) is 0 Å². The van der Waals surface area contributed by atoms with E-state index in [0.717, 1.165) is 39.5 Å². The summed E-state index contributed by atoms with van der Waals surface area (Å²) in [5, 5.41) is 9.50. The Labute approximate surface area is 194 Å². The van der Waals surface area contributed by atoms with Crippen LogP contribution in [-0.2, 0) is 0 Å². The third kappa shape index (κ3) is 4.18. The number of pyridine rings is 1. The number of fused-ring (bicyclic) bond motifs is 2. The molecule has 1 N–H and O–H groups in total. The van der Waals surface area contributed by atoms with Gasteiger partial charge in [0.2, 0.25) is 5.95 Å². The highest BCUT2D eigenvalue weighted by molar-refractivity contribution is 5.88. The number of aromatic nitrogens is 4. The van der Waals surface area contributed by atoms with Gasteiger partial charge in [0.15, 0.2) is 0 Å². The summed E-state index contributed by atoms with van der Waals surface area (Å²) in [6, 6.07) is 13.8. The normalized spacial score (nSPS) is 22.7. The molecule has 6 rings (SSSR count). The van der Waals surface area contributed by atoms with Gasteiger partial charge >= 0.3 is 0 Å². The fraction of sp³-hybridized carbons (Fsp3) is 0.423. The first-order chi connectivity index (χ1) is 16.2. The fourth-order valence-corrected chi connectivity index (χ4v) is 5.41. The Morgan fingerprint density at radius 3 is 2.64 bits per heavy atom. The Morgan fingerprint density at radius 1 is 0.939 bits per heavy atom. The lowest BCUT2D eigenvalue weighted by atomic mass is 9.90. The molecule has 1 aliphatic heterocycles. The highest BCUT2D eigenvalue weighted by Crippen LogP contribution is 2.29. The van der Waals surface area contributed by atoms with Crippen LogP contribution in [0.3, 0.4) is 0 Å². The summed E-state index contributed by atoms with van der Waals surface area (Å²) in [5.41, 5.74) is 4.32. The lowest BCUT2D eigenvalue weighted by Gasteiger charge is -2.41. The smallest absolute Gasteiger partial charge is 0.241 e. The number of nitrogens with zero attached hydrogens (tertiary/aromatic N) is 6. The van der Waals surface area contributed by atoms with E-state index in [2.05, 4.69) is 62.5 Å². The van der Waals surface area contributed by atoms with Crippen LogP contribution in [0.4, 0.5) is 5.95 Å². The molecule has 33 heavy (non-hydrogen) atoms. The average molecular weight is 442 g/mol. The number of benzene rings is 1. The molecule has 0 bridgehead atoms. The standard InChI is InChI=1S/C26H31N7/c1-31-13-15-32(16-14-31)22-7-5-21(6-8-22)29-26-28-18-25-23(10-12-33(25)30-26)19-4-9-24-20(17-19)3-2-11-27-24/h2-4,9-12,17-18,21-22H,5-8,13-16H2,1H3,(H,29,30)/t21-,22-. The van der Waals surface area contributed by atoms with Gasteiger partial charge in [-0.05, 0) is 62.6 Å². The van der Waals surface area contributed by atoms with Crippen molar-refractivity contribution in [2.75, 3.05) is 38.5 Å². The van der Waals surface area contributed by atoms with Gasteiger partial charge < -0.3 is 10.2 Å². The van der Waals surface area contributed by atoms with E-state index in [1.54, 1.807) is 0 Å². The maximum atomic E-state index is 4.76. The second-order valence-electron chi connectivity index (χ2n) is 9.54. The van der Waals surface area contributed by atoms with Crippen molar-refractivity contribution in [2.45, 2.75) is 37.8 Å². The van der Waals surface area contributed by atoms with Crippen molar-refractivity contribution < 1.29 is 0 Å². The van der Waals surface area contributed by atoms with Crippen LogP contribution in [0.5, 0.6) is 0 Å². The lowest BCUT2D eigenvalue weighted by molar-refractivity contribution is 0.0893. The van der Waals surface area contributed by atoms with Crippen LogP contribution >= 0.6 is 0 Å². The molecule has 0 radical (unpaired) electrons. The van der Waals surface area contributed by atoms with E-state index >= 15 is 0 Å². The van der Waals surface area contributed by atoms with E-state index in [4.69, 9.17) is 5.10 Å². The number of hydrogen-bond acceptors (Lipinski definition) is 6. The molecule has 4 heterocycles. The molecule has 2 aliphatic rings. The number of rotatable bonds is 4. The second kappa shape index (κ2) is 8.72. The minimum Gasteiger partial charge on any atom is -0.350 e. The number of anilines is 1. The van der Waals surface area contributed by atoms with Gasteiger partial charge in [-0.3, -0.25) is 9.88 Å². The van der Waals surface area contributed by atoms with Gasteiger partial charge in [-0.1, -0.05) is 12.1 Å².